The van der Waals surface area contributed by atoms with E-state index in [1.807, 2.05) is 13.0 Å². The van der Waals surface area contributed by atoms with Gasteiger partial charge in [0.2, 0.25) is 5.88 Å². The van der Waals surface area contributed by atoms with Crippen LogP contribution < -0.4 is 9.47 Å². The fraction of sp³-hybridized carbons (Fsp3) is 0.441. The van der Waals surface area contributed by atoms with Crippen molar-refractivity contribution in [2.75, 3.05) is 20.2 Å². The highest BCUT2D eigenvalue weighted by Gasteiger charge is 2.39. The average Bonchev–Trinajstić information content (AvgIpc) is 3.84. The van der Waals surface area contributed by atoms with Crippen LogP contribution in [-0.2, 0) is 17.8 Å². The molecule has 1 N–H and O–H groups in total. The van der Waals surface area contributed by atoms with Crippen molar-refractivity contribution in [2.24, 2.45) is 11.8 Å². The molecule has 3 aromatic rings. The summed E-state index contributed by atoms with van der Waals surface area (Å²) in [4.78, 5) is 18.5. The Bertz CT molecular complexity index is 1450. The monoisotopic (exact) mass is 553 g/mol. The van der Waals surface area contributed by atoms with E-state index in [0.29, 0.717) is 17.4 Å². The lowest BCUT2D eigenvalue weighted by Crippen LogP contribution is -2.23. The normalized spacial score (nSPS) is 17.7. The Morgan fingerprint density at radius 2 is 1.93 bits per heavy atom. The Balaban J connectivity index is 1.49. The number of fused-ring (bicyclic) bond motifs is 1. The number of nitrogens with zero attached hydrogens (tertiary/aromatic N) is 3. The van der Waals surface area contributed by atoms with Crippen molar-refractivity contribution >= 4 is 5.97 Å². The summed E-state index contributed by atoms with van der Waals surface area (Å²) in [6.45, 7) is 8.71. The Labute approximate surface area is 242 Å². The van der Waals surface area contributed by atoms with E-state index in [4.69, 9.17) is 9.47 Å². The second-order valence-electron chi connectivity index (χ2n) is 11.3. The van der Waals surface area contributed by atoms with Gasteiger partial charge in [-0.1, -0.05) is 51.1 Å². The Morgan fingerprint density at radius 3 is 2.59 bits per heavy atom. The predicted molar refractivity (Wildman–Crippen MR) is 158 cm³/mol. The molecule has 7 heteroatoms. The van der Waals surface area contributed by atoms with E-state index < -0.39 is 11.9 Å². The van der Waals surface area contributed by atoms with E-state index in [0.717, 1.165) is 78.9 Å². The third kappa shape index (κ3) is 6.08. The molecule has 1 unspecified atom stereocenters. The van der Waals surface area contributed by atoms with Crippen molar-refractivity contribution in [1.82, 2.24) is 9.88 Å². The molecule has 0 saturated heterocycles. The number of carboxylic acid groups (broad SMARTS) is 1. The number of pyridine rings is 1. The number of carbonyl (C=O) groups is 1. The predicted octanol–water partition coefficient (Wildman–Crippen LogP) is 6.75. The minimum atomic E-state index is -0.745. The molecular weight excluding hydrogens is 514 g/mol. The topological polar surface area (TPSA) is 95.7 Å². The molecule has 2 aromatic carbocycles. The van der Waals surface area contributed by atoms with Gasteiger partial charge in [0.25, 0.3) is 0 Å². The van der Waals surface area contributed by atoms with Gasteiger partial charge in [-0.2, -0.15) is 5.26 Å². The molecule has 1 fully saturated rings. The molecule has 2 aliphatic rings. The third-order valence-corrected chi connectivity index (χ3v) is 8.77. The zero-order chi connectivity index (χ0) is 29.1. The maximum Gasteiger partial charge on any atom is 0.306 e. The summed E-state index contributed by atoms with van der Waals surface area (Å²) < 4.78 is 12.0. The van der Waals surface area contributed by atoms with Crippen LogP contribution in [0.15, 0.2) is 48.7 Å². The molecule has 0 amide bonds. The number of methoxy groups -OCH3 is 1. The van der Waals surface area contributed by atoms with Gasteiger partial charge in [0.1, 0.15) is 17.9 Å². The number of nitriles is 1. The molecule has 0 spiro atoms. The summed E-state index contributed by atoms with van der Waals surface area (Å²) in [5.74, 6) is 0.599. The standard InChI is InChI=1S/C34H39N3O4/c1-5-37(6-2)20-26-15-24(11-13-28(26)29-17-32(40-4)36-19-27(29)18-35)30-14-12-22-7-10-25(16-31(22)41-30)33(23-8-9-23)21(3)34(38)39/h7,10-11,13,15-17,19,21,23,30,33H,5-6,8-9,12,14,20H2,1-4H3,(H,38,39)/t21-,30?,33-/m0/s1. The molecule has 5 rings (SSSR count). The first-order valence-electron chi connectivity index (χ1n) is 14.7. The minimum absolute atomic E-state index is 0.00779. The van der Waals surface area contributed by atoms with E-state index in [9.17, 15) is 15.2 Å². The number of hydrogen-bond donors (Lipinski definition) is 1. The molecule has 7 nitrogen and oxygen atoms in total. The summed E-state index contributed by atoms with van der Waals surface area (Å²) >= 11 is 0. The van der Waals surface area contributed by atoms with Gasteiger partial charge in [-0.15, -0.1) is 0 Å². The number of aliphatic carboxylic acids is 1. The number of hydrogen-bond acceptors (Lipinski definition) is 6. The molecule has 1 aromatic heterocycles. The van der Waals surface area contributed by atoms with Crippen molar-refractivity contribution < 1.29 is 19.4 Å². The molecule has 41 heavy (non-hydrogen) atoms. The zero-order valence-electron chi connectivity index (χ0n) is 24.4. The van der Waals surface area contributed by atoms with Gasteiger partial charge >= 0.3 is 5.97 Å². The molecule has 2 heterocycles. The summed E-state index contributed by atoms with van der Waals surface area (Å²) in [7, 11) is 1.58. The summed E-state index contributed by atoms with van der Waals surface area (Å²) in [5.41, 5.74) is 6.78. The highest BCUT2D eigenvalue weighted by Crippen LogP contribution is 2.48. The average molecular weight is 554 g/mol. The zero-order valence-corrected chi connectivity index (χ0v) is 24.4. The van der Waals surface area contributed by atoms with Gasteiger partial charge in [-0.3, -0.25) is 9.69 Å². The first-order chi connectivity index (χ1) is 19.9. The third-order valence-electron chi connectivity index (χ3n) is 8.77. The van der Waals surface area contributed by atoms with Crippen molar-refractivity contribution in [3.63, 3.8) is 0 Å². The largest absolute Gasteiger partial charge is 0.485 e. The van der Waals surface area contributed by atoms with E-state index in [-0.39, 0.29) is 12.0 Å². The molecule has 3 atom stereocenters. The van der Waals surface area contributed by atoms with Crippen LogP contribution in [-0.4, -0.2) is 41.2 Å². The van der Waals surface area contributed by atoms with Gasteiger partial charge in [0.05, 0.1) is 18.6 Å². The Kier molecular flexibility index (Phi) is 8.60. The lowest BCUT2D eigenvalue weighted by atomic mass is 9.82. The lowest BCUT2D eigenvalue weighted by molar-refractivity contribution is -0.142. The Morgan fingerprint density at radius 1 is 1.15 bits per heavy atom. The van der Waals surface area contributed by atoms with Gasteiger partial charge in [-0.05, 0) is 84.5 Å². The number of ether oxygens (including phenoxy) is 2. The summed E-state index contributed by atoms with van der Waals surface area (Å²) in [6, 6.07) is 16.9. The van der Waals surface area contributed by atoms with Crippen molar-refractivity contribution in [3.8, 4) is 28.8 Å². The van der Waals surface area contributed by atoms with E-state index in [1.165, 1.54) is 5.56 Å². The number of aromatic nitrogens is 1. The van der Waals surface area contributed by atoms with Crippen LogP contribution in [0.25, 0.3) is 11.1 Å². The molecule has 1 saturated carbocycles. The van der Waals surface area contributed by atoms with Crippen LogP contribution in [0.3, 0.4) is 0 Å². The smallest absolute Gasteiger partial charge is 0.306 e. The molecular formula is C34H39N3O4. The van der Waals surface area contributed by atoms with Crippen molar-refractivity contribution in [2.45, 2.75) is 65.0 Å². The molecule has 1 aliphatic carbocycles. The van der Waals surface area contributed by atoms with E-state index >= 15 is 0 Å². The highest BCUT2D eigenvalue weighted by atomic mass is 16.5. The molecule has 0 radical (unpaired) electrons. The van der Waals surface area contributed by atoms with Crippen LogP contribution in [0.4, 0.5) is 0 Å². The SMILES string of the molecule is CCN(CC)Cc1cc(C2CCc3ccc([C@H](C4CC4)[C@H](C)C(=O)O)cc3O2)ccc1-c1cc(OC)ncc1C#N. The quantitative estimate of drug-likeness (QED) is 0.281. The van der Waals surface area contributed by atoms with E-state index in [1.54, 1.807) is 13.3 Å². The maximum atomic E-state index is 11.9. The van der Waals surface area contributed by atoms with Gasteiger partial charge < -0.3 is 14.6 Å². The van der Waals surface area contributed by atoms with Crippen molar-refractivity contribution in [1.29, 1.82) is 5.26 Å². The number of benzene rings is 2. The maximum absolute atomic E-state index is 11.9. The molecule has 0 bridgehead atoms. The molecule has 1 aliphatic heterocycles. The van der Waals surface area contributed by atoms with Crippen LogP contribution in [0.1, 0.15) is 79.9 Å². The number of carboxylic acids is 1. The first-order valence-corrected chi connectivity index (χ1v) is 14.7. The van der Waals surface area contributed by atoms with Crippen molar-refractivity contribution in [3.05, 3.63) is 76.5 Å². The van der Waals surface area contributed by atoms with Gasteiger partial charge in [-0.25, -0.2) is 4.98 Å². The summed E-state index contributed by atoms with van der Waals surface area (Å²) in [5, 5.41) is 19.6. The van der Waals surface area contributed by atoms with E-state index in [2.05, 4.69) is 66.2 Å². The van der Waals surface area contributed by atoms with Crippen LogP contribution in [0.5, 0.6) is 11.6 Å². The Hall–Kier alpha value is -3.89. The number of rotatable bonds is 11. The summed E-state index contributed by atoms with van der Waals surface area (Å²) in [6.07, 6.45) is 5.39. The molecule has 214 valence electrons. The number of aryl methyl sites for hydroxylation is 1. The van der Waals surface area contributed by atoms with Crippen LogP contribution in [0.2, 0.25) is 0 Å². The van der Waals surface area contributed by atoms with Crippen LogP contribution >= 0.6 is 0 Å². The fourth-order valence-electron chi connectivity index (χ4n) is 6.16. The first kappa shape index (κ1) is 28.6. The van der Waals surface area contributed by atoms with Gasteiger partial charge in [0.15, 0.2) is 0 Å². The minimum Gasteiger partial charge on any atom is -0.485 e. The van der Waals surface area contributed by atoms with Gasteiger partial charge in [0, 0.05) is 24.4 Å². The highest BCUT2D eigenvalue weighted by molar-refractivity contribution is 5.74. The second-order valence-corrected chi connectivity index (χ2v) is 11.3. The fourth-order valence-corrected chi connectivity index (χ4v) is 6.16. The second kappa shape index (κ2) is 12.3. The van der Waals surface area contributed by atoms with Crippen LogP contribution in [0, 0.1) is 23.2 Å². The lowest BCUT2D eigenvalue weighted by Gasteiger charge is -2.29.